The summed E-state index contributed by atoms with van der Waals surface area (Å²) in [5.74, 6) is 1.23. The van der Waals surface area contributed by atoms with E-state index < -0.39 is 0 Å². The highest BCUT2D eigenvalue weighted by molar-refractivity contribution is 7.99. The molecule has 4 nitrogen and oxygen atoms in total. The number of amides is 2. The standard InChI is InChI=1S/C12H23N3OS/c1-2-17-11-4-3-10(9-11)13-5-7-15-8-6-14-12(15)16/h10-11,13H,2-9H2,1H3,(H,14,16). The molecule has 98 valence electrons. The number of nitrogens with zero attached hydrogens (tertiary/aromatic N) is 1. The van der Waals surface area contributed by atoms with E-state index in [0.29, 0.717) is 6.04 Å². The monoisotopic (exact) mass is 257 g/mol. The van der Waals surface area contributed by atoms with Crippen LogP contribution in [0.2, 0.25) is 0 Å². The summed E-state index contributed by atoms with van der Waals surface area (Å²) >= 11 is 2.09. The molecule has 2 rings (SSSR count). The van der Waals surface area contributed by atoms with Gasteiger partial charge in [0.1, 0.15) is 0 Å². The summed E-state index contributed by atoms with van der Waals surface area (Å²) in [6.07, 6.45) is 3.94. The quantitative estimate of drug-likeness (QED) is 0.753. The van der Waals surface area contributed by atoms with Crippen LogP contribution >= 0.6 is 11.8 Å². The Labute approximate surface area is 108 Å². The highest BCUT2D eigenvalue weighted by atomic mass is 32.2. The van der Waals surface area contributed by atoms with Gasteiger partial charge in [0.2, 0.25) is 0 Å². The van der Waals surface area contributed by atoms with Crippen LogP contribution in [0.1, 0.15) is 26.2 Å². The van der Waals surface area contributed by atoms with Crippen LogP contribution < -0.4 is 10.6 Å². The molecule has 2 unspecified atom stereocenters. The molecule has 1 saturated carbocycles. The molecule has 0 radical (unpaired) electrons. The van der Waals surface area contributed by atoms with Crippen molar-refractivity contribution < 1.29 is 4.79 Å². The van der Waals surface area contributed by atoms with Crippen molar-refractivity contribution in [3.8, 4) is 0 Å². The zero-order valence-corrected chi connectivity index (χ0v) is 11.4. The lowest BCUT2D eigenvalue weighted by Gasteiger charge is -2.17. The molecule has 2 amide bonds. The summed E-state index contributed by atoms with van der Waals surface area (Å²) in [7, 11) is 0. The Kier molecular flexibility index (Phi) is 4.98. The molecule has 1 aliphatic heterocycles. The van der Waals surface area contributed by atoms with Gasteiger partial charge in [0.25, 0.3) is 0 Å². The fraction of sp³-hybridized carbons (Fsp3) is 0.917. The van der Waals surface area contributed by atoms with Crippen LogP contribution in [0, 0.1) is 0 Å². The number of carbonyl (C=O) groups is 1. The summed E-state index contributed by atoms with van der Waals surface area (Å²) in [5, 5.41) is 7.26. The number of hydrogen-bond donors (Lipinski definition) is 2. The molecule has 1 saturated heterocycles. The maximum atomic E-state index is 11.3. The number of urea groups is 1. The van der Waals surface area contributed by atoms with E-state index in [4.69, 9.17) is 0 Å². The van der Waals surface area contributed by atoms with Crippen LogP contribution in [0.3, 0.4) is 0 Å². The summed E-state index contributed by atoms with van der Waals surface area (Å²) in [4.78, 5) is 13.2. The number of nitrogens with one attached hydrogen (secondary N) is 2. The van der Waals surface area contributed by atoms with Gasteiger partial charge in [-0.2, -0.15) is 11.8 Å². The molecule has 2 atom stereocenters. The van der Waals surface area contributed by atoms with E-state index in [1.807, 2.05) is 4.90 Å². The van der Waals surface area contributed by atoms with Gasteiger partial charge in [-0.25, -0.2) is 4.79 Å². The highest BCUT2D eigenvalue weighted by Gasteiger charge is 2.24. The molecule has 0 aromatic carbocycles. The van der Waals surface area contributed by atoms with E-state index in [2.05, 4.69) is 29.3 Å². The third-order valence-corrected chi connectivity index (χ3v) is 4.78. The molecule has 0 spiro atoms. The summed E-state index contributed by atoms with van der Waals surface area (Å²) < 4.78 is 0. The minimum Gasteiger partial charge on any atom is -0.336 e. The largest absolute Gasteiger partial charge is 0.336 e. The fourth-order valence-electron chi connectivity index (χ4n) is 2.64. The normalized spacial score (nSPS) is 28.8. The highest BCUT2D eigenvalue weighted by Crippen LogP contribution is 2.29. The second-order valence-corrected chi connectivity index (χ2v) is 6.34. The van der Waals surface area contributed by atoms with E-state index in [9.17, 15) is 4.79 Å². The fourth-order valence-corrected chi connectivity index (χ4v) is 3.78. The molecule has 2 fully saturated rings. The maximum absolute atomic E-state index is 11.3. The Hall–Kier alpha value is -0.420. The van der Waals surface area contributed by atoms with Crippen molar-refractivity contribution in [3.63, 3.8) is 0 Å². The Morgan fingerprint density at radius 2 is 2.41 bits per heavy atom. The Bertz CT molecular complexity index is 262. The predicted octanol–water partition coefficient (Wildman–Crippen LogP) is 1.28. The smallest absolute Gasteiger partial charge is 0.317 e. The van der Waals surface area contributed by atoms with Crippen molar-refractivity contribution in [1.82, 2.24) is 15.5 Å². The molecule has 1 heterocycles. The lowest BCUT2D eigenvalue weighted by Crippen LogP contribution is -2.37. The van der Waals surface area contributed by atoms with Gasteiger partial charge in [-0.3, -0.25) is 0 Å². The van der Waals surface area contributed by atoms with Gasteiger partial charge >= 0.3 is 6.03 Å². The topological polar surface area (TPSA) is 44.4 Å². The van der Waals surface area contributed by atoms with Crippen LogP contribution in [0.15, 0.2) is 0 Å². The maximum Gasteiger partial charge on any atom is 0.317 e. The first kappa shape index (κ1) is 13.0. The van der Waals surface area contributed by atoms with E-state index in [0.717, 1.165) is 31.4 Å². The van der Waals surface area contributed by atoms with Crippen LogP contribution in [0.4, 0.5) is 4.79 Å². The molecule has 1 aliphatic carbocycles. The minimum atomic E-state index is 0.0950. The van der Waals surface area contributed by atoms with Gasteiger partial charge in [-0.15, -0.1) is 0 Å². The molecule has 0 aromatic rings. The lowest BCUT2D eigenvalue weighted by molar-refractivity contribution is 0.217. The van der Waals surface area contributed by atoms with Gasteiger partial charge in [-0.1, -0.05) is 6.92 Å². The first-order valence-corrected chi connectivity index (χ1v) is 7.72. The average molecular weight is 257 g/mol. The Morgan fingerprint density at radius 1 is 1.53 bits per heavy atom. The zero-order chi connectivity index (χ0) is 12.1. The Morgan fingerprint density at radius 3 is 3.12 bits per heavy atom. The molecule has 0 aromatic heterocycles. The SMILES string of the molecule is CCSC1CCC(NCCN2CCNC2=O)C1. The number of hydrogen-bond acceptors (Lipinski definition) is 3. The van der Waals surface area contributed by atoms with E-state index >= 15 is 0 Å². The van der Waals surface area contributed by atoms with Crippen LogP contribution in [-0.4, -0.2) is 54.2 Å². The molecule has 0 bridgehead atoms. The average Bonchev–Trinajstić information content (AvgIpc) is 2.90. The summed E-state index contributed by atoms with van der Waals surface area (Å²) in [5.41, 5.74) is 0. The van der Waals surface area contributed by atoms with Crippen LogP contribution in [0.5, 0.6) is 0 Å². The van der Waals surface area contributed by atoms with Gasteiger partial charge in [0.15, 0.2) is 0 Å². The molecule has 17 heavy (non-hydrogen) atoms. The molecular formula is C12H23N3OS. The van der Waals surface area contributed by atoms with Crippen molar-refractivity contribution in [2.75, 3.05) is 31.9 Å². The molecular weight excluding hydrogens is 234 g/mol. The van der Waals surface area contributed by atoms with E-state index in [1.165, 1.54) is 25.0 Å². The van der Waals surface area contributed by atoms with E-state index in [1.54, 1.807) is 0 Å². The molecule has 2 aliphatic rings. The van der Waals surface area contributed by atoms with Crippen LogP contribution in [-0.2, 0) is 0 Å². The number of rotatable bonds is 6. The first-order chi connectivity index (χ1) is 8.29. The van der Waals surface area contributed by atoms with Gasteiger partial charge in [0, 0.05) is 37.5 Å². The number of carbonyl (C=O) groups excluding carboxylic acids is 1. The summed E-state index contributed by atoms with van der Waals surface area (Å²) in [6.45, 7) is 5.67. The van der Waals surface area contributed by atoms with Gasteiger partial charge in [0.05, 0.1) is 0 Å². The molecule has 2 N–H and O–H groups in total. The van der Waals surface area contributed by atoms with Crippen molar-refractivity contribution >= 4 is 17.8 Å². The first-order valence-electron chi connectivity index (χ1n) is 6.67. The van der Waals surface area contributed by atoms with Crippen LogP contribution in [0.25, 0.3) is 0 Å². The summed E-state index contributed by atoms with van der Waals surface area (Å²) in [6, 6.07) is 0.766. The van der Waals surface area contributed by atoms with Gasteiger partial charge < -0.3 is 15.5 Å². The third-order valence-electron chi connectivity index (χ3n) is 3.55. The van der Waals surface area contributed by atoms with Crippen molar-refractivity contribution in [3.05, 3.63) is 0 Å². The second kappa shape index (κ2) is 6.50. The van der Waals surface area contributed by atoms with Crippen molar-refractivity contribution in [2.24, 2.45) is 0 Å². The lowest BCUT2D eigenvalue weighted by atomic mass is 10.2. The molecule has 5 heteroatoms. The zero-order valence-electron chi connectivity index (χ0n) is 10.6. The Balaban J connectivity index is 1.58. The number of thioether (sulfide) groups is 1. The van der Waals surface area contributed by atoms with Crippen molar-refractivity contribution in [1.29, 1.82) is 0 Å². The third kappa shape index (κ3) is 3.78. The second-order valence-electron chi connectivity index (χ2n) is 4.76. The van der Waals surface area contributed by atoms with Crippen molar-refractivity contribution in [2.45, 2.75) is 37.5 Å². The van der Waals surface area contributed by atoms with E-state index in [-0.39, 0.29) is 6.03 Å². The predicted molar refractivity (Wildman–Crippen MR) is 72.5 cm³/mol. The van der Waals surface area contributed by atoms with Gasteiger partial charge in [-0.05, 0) is 25.0 Å². The minimum absolute atomic E-state index is 0.0950.